The fraction of sp³-hybridized carbons (Fsp3) is 0.480. The van der Waals surface area contributed by atoms with Crippen molar-refractivity contribution in [3.8, 4) is 11.5 Å². The molecule has 2 rings (SSSR count). The van der Waals surface area contributed by atoms with Crippen molar-refractivity contribution in [3.63, 3.8) is 0 Å². The Hall–Kier alpha value is -2.89. The number of phenolic OH excluding ortho intramolecular Hbond substituents is 1. The number of cyclic esters (lactones) is 1. The molecule has 31 heavy (non-hydrogen) atoms. The monoisotopic (exact) mass is 428 g/mol. The van der Waals surface area contributed by atoms with Crippen LogP contribution in [0.15, 0.2) is 41.5 Å². The Bertz CT molecular complexity index is 922. The molecular weight excluding hydrogens is 396 g/mol. The fourth-order valence-electron chi connectivity index (χ4n) is 3.90. The second kappa shape index (κ2) is 9.94. The van der Waals surface area contributed by atoms with Crippen LogP contribution < -0.4 is 4.74 Å². The minimum Gasteiger partial charge on any atom is -0.507 e. The Balaban J connectivity index is 2.08. The smallest absolute Gasteiger partial charge is 0.317 e. The molecule has 3 atom stereocenters. The van der Waals surface area contributed by atoms with Gasteiger partial charge in [-0.3, -0.25) is 14.4 Å². The van der Waals surface area contributed by atoms with Gasteiger partial charge >= 0.3 is 5.97 Å². The van der Waals surface area contributed by atoms with Gasteiger partial charge in [-0.25, -0.2) is 0 Å². The van der Waals surface area contributed by atoms with Crippen molar-refractivity contribution in [2.75, 3.05) is 7.11 Å². The molecule has 1 saturated heterocycles. The van der Waals surface area contributed by atoms with Gasteiger partial charge in [-0.1, -0.05) is 24.1 Å². The number of rotatable bonds is 9. The van der Waals surface area contributed by atoms with Crippen LogP contribution in [0.25, 0.3) is 0 Å². The van der Waals surface area contributed by atoms with Gasteiger partial charge in [0, 0.05) is 18.4 Å². The van der Waals surface area contributed by atoms with Crippen LogP contribution in [0.4, 0.5) is 0 Å². The molecule has 1 N–H and O–H groups in total. The van der Waals surface area contributed by atoms with E-state index < -0.39 is 23.3 Å². The molecule has 0 radical (unpaired) electrons. The SMILES string of the molecule is COc1ccc(C(=O)[C@@H]2C(=O)O[C@](C)(CC/C=C(\C)CC(=O)C=C(C)C)[C@H]2C)c(O)c1. The Labute approximate surface area is 183 Å². The lowest BCUT2D eigenvalue weighted by molar-refractivity contribution is -0.149. The lowest BCUT2D eigenvalue weighted by atomic mass is 9.77. The number of benzene rings is 1. The van der Waals surface area contributed by atoms with E-state index in [0.29, 0.717) is 25.0 Å². The van der Waals surface area contributed by atoms with E-state index in [0.717, 1.165) is 11.1 Å². The first-order chi connectivity index (χ1) is 14.5. The molecule has 1 fully saturated rings. The van der Waals surface area contributed by atoms with Crippen LogP contribution in [-0.4, -0.2) is 35.4 Å². The second-order valence-electron chi connectivity index (χ2n) is 8.70. The van der Waals surface area contributed by atoms with E-state index in [4.69, 9.17) is 9.47 Å². The summed E-state index contributed by atoms with van der Waals surface area (Å²) in [5, 5.41) is 10.2. The molecule has 0 aromatic heterocycles. The third kappa shape index (κ3) is 5.84. The molecule has 6 heteroatoms. The third-order valence-electron chi connectivity index (χ3n) is 5.84. The van der Waals surface area contributed by atoms with Crippen molar-refractivity contribution in [2.24, 2.45) is 11.8 Å². The Morgan fingerprint density at radius 3 is 2.52 bits per heavy atom. The average molecular weight is 429 g/mol. The van der Waals surface area contributed by atoms with Crippen molar-refractivity contribution in [1.29, 1.82) is 0 Å². The number of carbonyl (C=O) groups is 3. The first-order valence-corrected chi connectivity index (χ1v) is 10.5. The molecule has 1 aromatic rings. The first kappa shape index (κ1) is 24.4. The van der Waals surface area contributed by atoms with Crippen LogP contribution in [0.3, 0.4) is 0 Å². The lowest BCUT2D eigenvalue weighted by Gasteiger charge is -2.28. The quantitative estimate of drug-likeness (QED) is 0.200. The summed E-state index contributed by atoms with van der Waals surface area (Å²) in [4.78, 5) is 37.5. The summed E-state index contributed by atoms with van der Waals surface area (Å²) >= 11 is 0. The zero-order valence-electron chi connectivity index (χ0n) is 19.2. The van der Waals surface area contributed by atoms with Gasteiger partial charge in [0.25, 0.3) is 0 Å². The van der Waals surface area contributed by atoms with E-state index in [2.05, 4.69) is 0 Å². The van der Waals surface area contributed by atoms with Crippen LogP contribution in [0.2, 0.25) is 0 Å². The van der Waals surface area contributed by atoms with Crippen molar-refractivity contribution in [2.45, 2.75) is 59.5 Å². The van der Waals surface area contributed by atoms with E-state index in [-0.39, 0.29) is 23.0 Å². The summed E-state index contributed by atoms with van der Waals surface area (Å²) in [6.45, 7) is 9.33. The predicted octanol–water partition coefficient (Wildman–Crippen LogP) is 4.80. The first-order valence-electron chi connectivity index (χ1n) is 10.5. The molecule has 168 valence electrons. The molecule has 1 aromatic carbocycles. The number of allylic oxidation sites excluding steroid dienone is 4. The van der Waals surface area contributed by atoms with E-state index >= 15 is 0 Å². The average Bonchev–Trinajstić information content (AvgIpc) is 2.88. The number of phenols is 1. The highest BCUT2D eigenvalue weighted by Gasteiger charge is 2.53. The summed E-state index contributed by atoms with van der Waals surface area (Å²) in [7, 11) is 1.46. The van der Waals surface area contributed by atoms with Crippen LogP contribution in [0, 0.1) is 11.8 Å². The summed E-state index contributed by atoms with van der Waals surface area (Å²) < 4.78 is 10.7. The van der Waals surface area contributed by atoms with Crippen molar-refractivity contribution in [1.82, 2.24) is 0 Å². The molecule has 0 spiro atoms. The molecule has 0 saturated carbocycles. The standard InChI is InChI=1S/C25H32O6/c1-15(2)12-18(26)13-16(3)8-7-11-25(5)17(4)22(24(29)31-25)23(28)20-10-9-19(30-6)14-21(20)27/h8-10,12,14,17,22,27H,7,11,13H2,1-6H3/b16-8+/t17-,22+,25+/m0/s1. The Kier molecular flexibility index (Phi) is 7.82. The number of aromatic hydroxyl groups is 1. The largest absolute Gasteiger partial charge is 0.507 e. The minimum absolute atomic E-state index is 0.0607. The zero-order valence-corrected chi connectivity index (χ0v) is 19.2. The lowest BCUT2D eigenvalue weighted by Crippen LogP contribution is -2.33. The number of hydrogen-bond donors (Lipinski definition) is 1. The maximum absolute atomic E-state index is 13.0. The molecular formula is C25H32O6. The number of Topliss-reactive ketones (excluding diaryl/α,β-unsaturated/α-hetero) is 1. The molecule has 1 heterocycles. The normalized spacial score (nSPS) is 23.3. The van der Waals surface area contributed by atoms with E-state index in [1.807, 2.05) is 40.7 Å². The molecule has 0 aliphatic carbocycles. The van der Waals surface area contributed by atoms with Gasteiger partial charge in [-0.05, 0) is 58.7 Å². The zero-order chi connectivity index (χ0) is 23.3. The molecule has 1 aliphatic heterocycles. The Morgan fingerprint density at radius 2 is 1.94 bits per heavy atom. The number of ketones is 2. The fourth-order valence-corrected chi connectivity index (χ4v) is 3.90. The maximum atomic E-state index is 13.0. The van der Waals surface area contributed by atoms with E-state index in [9.17, 15) is 19.5 Å². The van der Waals surface area contributed by atoms with Gasteiger partial charge in [0.2, 0.25) is 0 Å². The number of esters is 1. The van der Waals surface area contributed by atoms with Gasteiger partial charge in [-0.2, -0.15) is 0 Å². The van der Waals surface area contributed by atoms with Crippen molar-refractivity contribution in [3.05, 3.63) is 47.1 Å². The van der Waals surface area contributed by atoms with Crippen molar-refractivity contribution >= 4 is 17.5 Å². The summed E-state index contributed by atoms with van der Waals surface area (Å²) in [6, 6.07) is 4.38. The van der Waals surface area contributed by atoms with Crippen LogP contribution >= 0.6 is 0 Å². The predicted molar refractivity (Wildman–Crippen MR) is 118 cm³/mol. The molecule has 0 unspecified atom stereocenters. The highest BCUT2D eigenvalue weighted by Crippen LogP contribution is 2.42. The Morgan fingerprint density at radius 1 is 1.26 bits per heavy atom. The van der Waals surface area contributed by atoms with Gasteiger partial charge in [0.15, 0.2) is 11.6 Å². The van der Waals surface area contributed by atoms with Crippen LogP contribution in [0.1, 0.15) is 64.2 Å². The van der Waals surface area contributed by atoms with Gasteiger partial charge in [-0.15, -0.1) is 0 Å². The van der Waals surface area contributed by atoms with Crippen LogP contribution in [0.5, 0.6) is 11.5 Å². The summed E-state index contributed by atoms with van der Waals surface area (Å²) in [5.74, 6) is -2.12. The van der Waals surface area contributed by atoms with Crippen LogP contribution in [-0.2, 0) is 14.3 Å². The molecule has 6 nitrogen and oxygen atoms in total. The number of carbonyl (C=O) groups excluding carboxylic acids is 3. The van der Waals surface area contributed by atoms with Crippen molar-refractivity contribution < 1.29 is 29.0 Å². The molecule has 0 amide bonds. The van der Waals surface area contributed by atoms with Gasteiger partial charge in [0.05, 0.1) is 12.7 Å². The molecule has 1 aliphatic rings. The number of methoxy groups -OCH3 is 1. The highest BCUT2D eigenvalue weighted by molar-refractivity contribution is 6.11. The second-order valence-corrected chi connectivity index (χ2v) is 8.70. The minimum atomic E-state index is -0.978. The van der Waals surface area contributed by atoms with Gasteiger partial charge < -0.3 is 14.6 Å². The summed E-state index contributed by atoms with van der Waals surface area (Å²) in [5.41, 5.74) is 1.20. The van der Waals surface area contributed by atoms with E-state index in [1.165, 1.54) is 19.2 Å². The summed E-state index contributed by atoms with van der Waals surface area (Å²) in [6.07, 6.45) is 5.12. The highest BCUT2D eigenvalue weighted by atomic mass is 16.6. The third-order valence-corrected chi connectivity index (χ3v) is 5.84. The van der Waals surface area contributed by atoms with E-state index in [1.54, 1.807) is 12.1 Å². The maximum Gasteiger partial charge on any atom is 0.317 e. The number of ether oxygens (including phenoxy) is 2. The topological polar surface area (TPSA) is 89.9 Å². The number of hydrogen-bond acceptors (Lipinski definition) is 6. The van der Waals surface area contributed by atoms with Gasteiger partial charge in [0.1, 0.15) is 23.0 Å². The molecule has 0 bridgehead atoms.